The van der Waals surface area contributed by atoms with Gasteiger partial charge in [0.2, 0.25) is 0 Å². The van der Waals surface area contributed by atoms with E-state index in [1.165, 1.54) is 0 Å². The molecule has 0 atom stereocenters. The molecular formula is C28H27NO7. The van der Waals surface area contributed by atoms with Crippen molar-refractivity contribution in [1.29, 1.82) is 0 Å². The zero-order valence-electron chi connectivity index (χ0n) is 20.6. The van der Waals surface area contributed by atoms with Gasteiger partial charge in [-0.3, -0.25) is 4.90 Å². The highest BCUT2D eigenvalue weighted by atomic mass is 16.5. The van der Waals surface area contributed by atoms with Crippen molar-refractivity contribution in [3.8, 4) is 39.9 Å². The molecule has 4 aromatic rings. The number of hydrogen-bond acceptors (Lipinski definition) is 8. The summed E-state index contributed by atoms with van der Waals surface area (Å²) in [5.41, 5.74) is 3.13. The van der Waals surface area contributed by atoms with Gasteiger partial charge in [-0.15, -0.1) is 0 Å². The van der Waals surface area contributed by atoms with Crippen LogP contribution >= 0.6 is 0 Å². The van der Waals surface area contributed by atoms with Crippen molar-refractivity contribution < 1.29 is 28.1 Å². The zero-order valence-corrected chi connectivity index (χ0v) is 20.6. The number of methoxy groups -OCH3 is 4. The quantitative estimate of drug-likeness (QED) is 0.341. The summed E-state index contributed by atoms with van der Waals surface area (Å²) in [6.07, 6.45) is 0. The molecule has 1 aromatic heterocycles. The molecule has 8 nitrogen and oxygen atoms in total. The Morgan fingerprint density at radius 1 is 0.806 bits per heavy atom. The topological polar surface area (TPSA) is 79.6 Å². The predicted octanol–water partition coefficient (Wildman–Crippen LogP) is 4.85. The molecule has 186 valence electrons. The van der Waals surface area contributed by atoms with E-state index < -0.39 is 5.63 Å². The van der Waals surface area contributed by atoms with Crippen LogP contribution in [0.4, 0.5) is 0 Å². The maximum absolute atomic E-state index is 13.1. The largest absolute Gasteiger partial charge is 0.493 e. The van der Waals surface area contributed by atoms with Crippen LogP contribution in [-0.2, 0) is 13.1 Å². The molecular weight excluding hydrogens is 462 g/mol. The van der Waals surface area contributed by atoms with E-state index in [4.69, 9.17) is 28.1 Å². The Morgan fingerprint density at radius 2 is 1.50 bits per heavy atom. The first-order valence-corrected chi connectivity index (χ1v) is 11.4. The molecule has 0 radical (unpaired) electrons. The van der Waals surface area contributed by atoms with E-state index >= 15 is 0 Å². The fraction of sp³-hybridized carbons (Fsp3) is 0.250. The molecule has 8 heteroatoms. The summed E-state index contributed by atoms with van der Waals surface area (Å²) >= 11 is 0. The number of fused-ring (bicyclic) bond motifs is 3. The van der Waals surface area contributed by atoms with E-state index in [1.807, 2.05) is 42.5 Å². The Kier molecular flexibility index (Phi) is 6.43. The SMILES string of the molecule is COc1ccc(CN2COc3ccc4cc(-c5ccc(OC)c(OC)c5)c(=O)oc4c3C2)cc1OC. The fourth-order valence-electron chi connectivity index (χ4n) is 4.48. The smallest absolute Gasteiger partial charge is 0.344 e. The predicted molar refractivity (Wildman–Crippen MR) is 135 cm³/mol. The van der Waals surface area contributed by atoms with Gasteiger partial charge in [-0.05, 0) is 53.6 Å². The summed E-state index contributed by atoms with van der Waals surface area (Å²) in [5, 5.41) is 0.815. The molecule has 36 heavy (non-hydrogen) atoms. The maximum Gasteiger partial charge on any atom is 0.344 e. The van der Waals surface area contributed by atoms with E-state index in [1.54, 1.807) is 40.6 Å². The second-order valence-electron chi connectivity index (χ2n) is 8.43. The van der Waals surface area contributed by atoms with E-state index in [-0.39, 0.29) is 0 Å². The Morgan fingerprint density at radius 3 is 2.22 bits per heavy atom. The van der Waals surface area contributed by atoms with Crippen LogP contribution in [0.1, 0.15) is 11.1 Å². The van der Waals surface area contributed by atoms with Crippen molar-refractivity contribution in [3.63, 3.8) is 0 Å². The number of benzene rings is 3. The van der Waals surface area contributed by atoms with Gasteiger partial charge in [0.1, 0.15) is 18.1 Å². The minimum absolute atomic E-state index is 0.417. The van der Waals surface area contributed by atoms with Crippen molar-refractivity contribution in [2.45, 2.75) is 13.1 Å². The van der Waals surface area contributed by atoms with Gasteiger partial charge in [-0.2, -0.15) is 0 Å². The van der Waals surface area contributed by atoms with Crippen molar-refractivity contribution in [2.75, 3.05) is 35.2 Å². The van der Waals surface area contributed by atoms with Crippen LogP contribution in [0.3, 0.4) is 0 Å². The third-order valence-electron chi connectivity index (χ3n) is 6.30. The average Bonchev–Trinajstić information content (AvgIpc) is 2.92. The molecule has 0 saturated carbocycles. The molecule has 0 unspecified atom stereocenters. The molecule has 0 spiro atoms. The lowest BCUT2D eigenvalue weighted by atomic mass is 10.0. The first kappa shape index (κ1) is 23.6. The third-order valence-corrected chi connectivity index (χ3v) is 6.30. The molecule has 0 amide bonds. The van der Waals surface area contributed by atoms with Gasteiger partial charge in [0.15, 0.2) is 23.0 Å². The van der Waals surface area contributed by atoms with Gasteiger partial charge >= 0.3 is 5.63 Å². The standard InChI is InChI=1S/C28H27NO7/c1-31-23-8-5-17(11-25(23)33-3)14-29-15-21-22(35-16-29)9-7-19-12-20(28(30)36-27(19)21)18-6-10-24(32-2)26(13-18)34-4/h5-13H,14-16H2,1-4H3. The number of nitrogens with zero attached hydrogens (tertiary/aromatic N) is 1. The van der Waals surface area contributed by atoms with Gasteiger partial charge in [0.05, 0.1) is 39.6 Å². The number of hydrogen-bond donors (Lipinski definition) is 0. The van der Waals surface area contributed by atoms with Crippen molar-refractivity contribution >= 4 is 11.0 Å². The van der Waals surface area contributed by atoms with Crippen molar-refractivity contribution in [3.05, 3.63) is 76.1 Å². The molecule has 0 saturated heterocycles. The van der Waals surface area contributed by atoms with Gasteiger partial charge < -0.3 is 28.1 Å². The van der Waals surface area contributed by atoms with Crippen LogP contribution in [0, 0.1) is 0 Å². The van der Waals surface area contributed by atoms with Crippen LogP contribution in [0.2, 0.25) is 0 Å². The maximum atomic E-state index is 13.1. The van der Waals surface area contributed by atoms with Crippen LogP contribution in [0.5, 0.6) is 28.7 Å². The lowest BCUT2D eigenvalue weighted by Crippen LogP contribution is -2.31. The molecule has 0 bridgehead atoms. The molecule has 1 aliphatic heterocycles. The normalized spacial score (nSPS) is 13.1. The molecule has 0 N–H and O–H groups in total. The lowest BCUT2D eigenvalue weighted by Gasteiger charge is -2.29. The van der Waals surface area contributed by atoms with E-state index in [9.17, 15) is 4.79 Å². The van der Waals surface area contributed by atoms with Crippen LogP contribution < -0.4 is 29.3 Å². The Bertz CT molecular complexity index is 1480. The Labute approximate surface area is 208 Å². The van der Waals surface area contributed by atoms with Crippen molar-refractivity contribution in [2.24, 2.45) is 0 Å². The van der Waals surface area contributed by atoms with E-state index in [0.717, 1.165) is 16.5 Å². The Hall–Kier alpha value is -4.17. The minimum atomic E-state index is -0.430. The zero-order chi connectivity index (χ0) is 25.2. The molecule has 5 rings (SSSR count). The molecule has 3 aromatic carbocycles. The van der Waals surface area contributed by atoms with E-state index in [0.29, 0.717) is 65.3 Å². The fourth-order valence-corrected chi connectivity index (χ4v) is 4.48. The summed E-state index contributed by atoms with van der Waals surface area (Å²) in [6, 6.07) is 16.9. The third kappa shape index (κ3) is 4.31. The minimum Gasteiger partial charge on any atom is -0.493 e. The molecule has 2 heterocycles. The van der Waals surface area contributed by atoms with Gasteiger partial charge in [-0.25, -0.2) is 4.79 Å². The first-order valence-electron chi connectivity index (χ1n) is 11.4. The highest BCUT2D eigenvalue weighted by Gasteiger charge is 2.23. The van der Waals surface area contributed by atoms with Gasteiger partial charge in [0.25, 0.3) is 0 Å². The molecule has 0 aliphatic carbocycles. The first-order chi connectivity index (χ1) is 17.5. The lowest BCUT2D eigenvalue weighted by molar-refractivity contribution is 0.0889. The number of ether oxygens (including phenoxy) is 5. The monoisotopic (exact) mass is 489 g/mol. The number of rotatable bonds is 7. The summed E-state index contributed by atoms with van der Waals surface area (Å²) in [4.78, 5) is 15.2. The van der Waals surface area contributed by atoms with Gasteiger partial charge in [0, 0.05) is 18.5 Å². The van der Waals surface area contributed by atoms with Crippen LogP contribution in [-0.4, -0.2) is 40.1 Å². The van der Waals surface area contributed by atoms with Gasteiger partial charge in [-0.1, -0.05) is 12.1 Å². The average molecular weight is 490 g/mol. The van der Waals surface area contributed by atoms with Crippen LogP contribution in [0.25, 0.3) is 22.1 Å². The summed E-state index contributed by atoms with van der Waals surface area (Å²) < 4.78 is 33.3. The summed E-state index contributed by atoms with van der Waals surface area (Å²) in [6.45, 7) is 1.62. The summed E-state index contributed by atoms with van der Waals surface area (Å²) in [5.74, 6) is 3.20. The van der Waals surface area contributed by atoms with Crippen LogP contribution in [0.15, 0.2) is 63.8 Å². The highest BCUT2D eigenvalue weighted by molar-refractivity contribution is 5.86. The molecule has 1 aliphatic rings. The second-order valence-corrected chi connectivity index (χ2v) is 8.43. The van der Waals surface area contributed by atoms with E-state index in [2.05, 4.69) is 4.90 Å². The Balaban J connectivity index is 1.47. The second kappa shape index (κ2) is 9.83. The highest BCUT2D eigenvalue weighted by Crippen LogP contribution is 2.36. The molecule has 0 fully saturated rings. The summed E-state index contributed by atoms with van der Waals surface area (Å²) in [7, 11) is 6.36. The van der Waals surface area contributed by atoms with Crippen molar-refractivity contribution in [1.82, 2.24) is 4.90 Å².